The number of hydrogen-bond acceptors (Lipinski definition) is 2. The average Bonchev–Trinajstić information content (AvgIpc) is 2.22. The second kappa shape index (κ2) is 2.48. The summed E-state index contributed by atoms with van der Waals surface area (Å²) in [7, 11) is -1.47. The molecule has 0 bridgehead atoms. The van der Waals surface area contributed by atoms with Gasteiger partial charge in [-0.15, -0.1) is 0 Å². The molecular formula is C9H11NO2S. The molecule has 0 atom stereocenters. The molecular weight excluding hydrogens is 186 g/mol. The van der Waals surface area contributed by atoms with E-state index in [1.165, 1.54) is 4.31 Å². The van der Waals surface area contributed by atoms with E-state index in [0.717, 1.165) is 16.8 Å². The average molecular weight is 197 g/mol. The number of benzene rings is 1. The zero-order chi connectivity index (χ0) is 9.64. The van der Waals surface area contributed by atoms with Gasteiger partial charge < -0.3 is 0 Å². The molecule has 0 aromatic heterocycles. The molecule has 1 aliphatic heterocycles. The predicted octanol–water partition coefficient (Wildman–Crippen LogP) is 1.27. The van der Waals surface area contributed by atoms with Crippen molar-refractivity contribution in [2.75, 3.05) is 11.4 Å². The lowest BCUT2D eigenvalue weighted by atomic mass is 10.1. The number of aryl methyl sites for hydroxylation is 1. The molecule has 3 nitrogen and oxygen atoms in total. The van der Waals surface area contributed by atoms with Crippen LogP contribution in [0.4, 0.5) is 5.69 Å². The number of anilines is 1. The fourth-order valence-corrected chi connectivity index (χ4v) is 2.88. The molecule has 0 unspecified atom stereocenters. The molecule has 1 aromatic carbocycles. The van der Waals surface area contributed by atoms with Gasteiger partial charge in [-0.05, 0) is 18.6 Å². The van der Waals surface area contributed by atoms with Gasteiger partial charge in [0.15, 0.2) is 0 Å². The van der Waals surface area contributed by atoms with E-state index in [1.54, 1.807) is 7.05 Å². The summed E-state index contributed by atoms with van der Waals surface area (Å²) < 4.78 is 24.3. The van der Waals surface area contributed by atoms with Gasteiger partial charge in [0.2, 0.25) is 10.0 Å². The fraction of sp³-hybridized carbons (Fsp3) is 0.333. The van der Waals surface area contributed by atoms with Crippen LogP contribution in [0.25, 0.3) is 0 Å². The first-order valence-electron chi connectivity index (χ1n) is 4.07. The van der Waals surface area contributed by atoms with Crippen LogP contribution < -0.4 is 4.31 Å². The van der Waals surface area contributed by atoms with Crippen molar-refractivity contribution in [3.8, 4) is 0 Å². The van der Waals surface area contributed by atoms with E-state index in [2.05, 4.69) is 0 Å². The van der Waals surface area contributed by atoms with E-state index >= 15 is 0 Å². The van der Waals surface area contributed by atoms with E-state index in [4.69, 9.17) is 0 Å². The minimum absolute atomic E-state index is 0.139. The number of sulfonamides is 1. The van der Waals surface area contributed by atoms with Crippen LogP contribution in [-0.4, -0.2) is 15.5 Å². The molecule has 13 heavy (non-hydrogen) atoms. The van der Waals surface area contributed by atoms with E-state index in [9.17, 15) is 8.42 Å². The summed E-state index contributed by atoms with van der Waals surface area (Å²) in [6.45, 7) is 1.96. The first kappa shape index (κ1) is 8.56. The maximum Gasteiger partial charge on any atom is 0.239 e. The standard InChI is InChI=1S/C9H11NO2S/c1-7-3-4-9-8(5-7)6-13(11,12)10(9)2/h3-5H,6H2,1-2H3. The van der Waals surface area contributed by atoms with Crippen molar-refractivity contribution < 1.29 is 8.42 Å². The SMILES string of the molecule is Cc1ccc2c(c1)CS(=O)(=O)N2C. The summed E-state index contributed by atoms with van der Waals surface area (Å²) in [6, 6.07) is 5.71. The second-order valence-electron chi connectivity index (χ2n) is 3.36. The van der Waals surface area contributed by atoms with Gasteiger partial charge in [-0.3, -0.25) is 4.31 Å². The minimum Gasteiger partial charge on any atom is -0.273 e. The molecule has 4 heteroatoms. The van der Waals surface area contributed by atoms with E-state index in [1.807, 2.05) is 25.1 Å². The van der Waals surface area contributed by atoms with Gasteiger partial charge >= 0.3 is 0 Å². The van der Waals surface area contributed by atoms with Crippen LogP contribution in [0.3, 0.4) is 0 Å². The Balaban J connectivity index is 2.63. The zero-order valence-electron chi connectivity index (χ0n) is 7.61. The third kappa shape index (κ3) is 1.21. The molecule has 0 amide bonds. The highest BCUT2D eigenvalue weighted by Crippen LogP contribution is 2.32. The molecule has 0 aliphatic carbocycles. The number of fused-ring (bicyclic) bond motifs is 1. The number of hydrogen-bond donors (Lipinski definition) is 0. The Bertz CT molecular complexity index is 451. The first-order chi connectivity index (χ1) is 6.00. The van der Waals surface area contributed by atoms with Crippen molar-refractivity contribution in [2.45, 2.75) is 12.7 Å². The maximum atomic E-state index is 11.5. The van der Waals surface area contributed by atoms with Crippen LogP contribution in [0.5, 0.6) is 0 Å². The van der Waals surface area contributed by atoms with E-state index in [-0.39, 0.29) is 5.75 Å². The summed E-state index contributed by atoms with van der Waals surface area (Å²) in [5.41, 5.74) is 2.82. The second-order valence-corrected chi connectivity index (χ2v) is 5.36. The number of nitrogens with zero attached hydrogens (tertiary/aromatic N) is 1. The highest BCUT2D eigenvalue weighted by atomic mass is 32.2. The van der Waals surface area contributed by atoms with Crippen molar-refractivity contribution in [1.82, 2.24) is 0 Å². The Hall–Kier alpha value is -1.03. The summed E-state index contributed by atoms with van der Waals surface area (Å²) in [5.74, 6) is 0.139. The van der Waals surface area contributed by atoms with Crippen LogP contribution in [0.15, 0.2) is 18.2 Å². The molecule has 70 valence electrons. The molecule has 0 N–H and O–H groups in total. The summed E-state index contributed by atoms with van der Waals surface area (Å²) in [4.78, 5) is 0. The highest BCUT2D eigenvalue weighted by molar-refractivity contribution is 7.92. The Morgan fingerprint density at radius 2 is 2.08 bits per heavy atom. The van der Waals surface area contributed by atoms with E-state index < -0.39 is 10.0 Å². The highest BCUT2D eigenvalue weighted by Gasteiger charge is 2.29. The third-order valence-corrected chi connectivity index (χ3v) is 4.04. The lowest BCUT2D eigenvalue weighted by Gasteiger charge is -2.10. The zero-order valence-corrected chi connectivity index (χ0v) is 8.43. The minimum atomic E-state index is -3.07. The molecule has 1 aromatic rings. The van der Waals surface area contributed by atoms with Gasteiger partial charge in [-0.1, -0.05) is 17.7 Å². The smallest absolute Gasteiger partial charge is 0.239 e. The van der Waals surface area contributed by atoms with Crippen LogP contribution in [0.2, 0.25) is 0 Å². The molecule has 0 saturated heterocycles. The Morgan fingerprint density at radius 3 is 2.77 bits per heavy atom. The van der Waals surface area contributed by atoms with Gasteiger partial charge in [0.1, 0.15) is 0 Å². The van der Waals surface area contributed by atoms with Gasteiger partial charge in [-0.25, -0.2) is 8.42 Å². The van der Waals surface area contributed by atoms with Crippen LogP contribution in [0, 0.1) is 6.92 Å². The van der Waals surface area contributed by atoms with Gasteiger partial charge in [0, 0.05) is 7.05 Å². The number of rotatable bonds is 0. The molecule has 0 fully saturated rings. The summed E-state index contributed by atoms with van der Waals surface area (Å²) in [6.07, 6.45) is 0. The first-order valence-corrected chi connectivity index (χ1v) is 5.68. The van der Waals surface area contributed by atoms with Gasteiger partial charge in [0.05, 0.1) is 11.4 Å². The Morgan fingerprint density at radius 1 is 1.38 bits per heavy atom. The topological polar surface area (TPSA) is 37.4 Å². The van der Waals surface area contributed by atoms with Gasteiger partial charge in [-0.2, -0.15) is 0 Å². The van der Waals surface area contributed by atoms with Crippen molar-refractivity contribution in [3.63, 3.8) is 0 Å². The van der Waals surface area contributed by atoms with Crippen molar-refractivity contribution in [3.05, 3.63) is 29.3 Å². The fourth-order valence-electron chi connectivity index (χ4n) is 1.58. The summed E-state index contributed by atoms with van der Waals surface area (Å²) in [5, 5.41) is 0. The van der Waals surface area contributed by atoms with Crippen LogP contribution >= 0.6 is 0 Å². The molecule has 1 aliphatic rings. The Kier molecular flexibility index (Phi) is 1.63. The molecule has 0 spiro atoms. The third-order valence-electron chi connectivity index (χ3n) is 2.33. The molecule has 1 heterocycles. The van der Waals surface area contributed by atoms with Crippen molar-refractivity contribution in [1.29, 1.82) is 0 Å². The normalized spacial score (nSPS) is 18.8. The quantitative estimate of drug-likeness (QED) is 0.628. The lowest BCUT2D eigenvalue weighted by Crippen LogP contribution is -2.20. The lowest BCUT2D eigenvalue weighted by molar-refractivity contribution is 0.596. The van der Waals surface area contributed by atoms with E-state index in [0.29, 0.717) is 0 Å². The maximum absolute atomic E-state index is 11.5. The van der Waals surface area contributed by atoms with Crippen molar-refractivity contribution in [2.24, 2.45) is 0 Å². The van der Waals surface area contributed by atoms with Gasteiger partial charge in [0.25, 0.3) is 0 Å². The van der Waals surface area contributed by atoms with Crippen LogP contribution in [0.1, 0.15) is 11.1 Å². The monoisotopic (exact) mass is 197 g/mol. The summed E-state index contributed by atoms with van der Waals surface area (Å²) >= 11 is 0. The largest absolute Gasteiger partial charge is 0.273 e. The molecule has 0 saturated carbocycles. The molecule has 0 radical (unpaired) electrons. The molecule has 2 rings (SSSR count). The predicted molar refractivity (Wildman–Crippen MR) is 52.2 cm³/mol. The van der Waals surface area contributed by atoms with Crippen LogP contribution in [-0.2, 0) is 15.8 Å². The Labute approximate surface area is 78.0 Å². The van der Waals surface area contributed by atoms with Crippen molar-refractivity contribution >= 4 is 15.7 Å².